The summed E-state index contributed by atoms with van der Waals surface area (Å²) in [6, 6.07) is 8.00. The summed E-state index contributed by atoms with van der Waals surface area (Å²) in [7, 11) is -3.99. The zero-order valence-electron chi connectivity index (χ0n) is 14.3. The Hall–Kier alpha value is -2.85. The summed E-state index contributed by atoms with van der Waals surface area (Å²) >= 11 is 1.25. The number of hydrogen-bond donors (Lipinski definition) is 3. The van der Waals surface area contributed by atoms with Crippen LogP contribution in [0.2, 0.25) is 0 Å². The second kappa shape index (κ2) is 6.39. The average molecular weight is 404 g/mol. The molecule has 0 fully saturated rings. The lowest BCUT2D eigenvalue weighted by Gasteiger charge is -2.20. The second-order valence-corrected chi connectivity index (χ2v) is 8.43. The summed E-state index contributed by atoms with van der Waals surface area (Å²) in [4.78, 5) is 13.1. The van der Waals surface area contributed by atoms with Crippen molar-refractivity contribution in [3.05, 3.63) is 51.6 Å². The molecule has 140 valence electrons. The fourth-order valence-electron chi connectivity index (χ4n) is 2.91. The van der Waals surface area contributed by atoms with Gasteiger partial charge >= 0.3 is 0 Å². The van der Waals surface area contributed by atoms with Crippen molar-refractivity contribution in [3.63, 3.8) is 0 Å². The van der Waals surface area contributed by atoms with Gasteiger partial charge in [-0.05, 0) is 30.0 Å². The predicted octanol–water partition coefficient (Wildman–Crippen LogP) is 2.28. The van der Waals surface area contributed by atoms with Gasteiger partial charge in [-0.1, -0.05) is 19.1 Å². The Balaban J connectivity index is 1.98. The highest BCUT2D eigenvalue weighted by Crippen LogP contribution is 2.34. The monoisotopic (exact) mass is 404 g/mol. The smallest absolute Gasteiger partial charge is 0.286 e. The van der Waals surface area contributed by atoms with Crippen LogP contribution >= 0.6 is 11.3 Å². The van der Waals surface area contributed by atoms with Crippen LogP contribution in [0, 0.1) is 0 Å². The molecule has 3 aromatic rings. The lowest BCUT2D eigenvalue weighted by molar-refractivity contribution is 0.479. The number of benzene rings is 1. The van der Waals surface area contributed by atoms with Crippen molar-refractivity contribution in [2.24, 2.45) is 4.40 Å². The molecule has 0 unspecified atom stereocenters. The number of nitrogens with zero attached hydrogens (tertiary/aromatic N) is 2. The molecule has 0 atom stereocenters. The van der Waals surface area contributed by atoms with E-state index >= 15 is 0 Å². The van der Waals surface area contributed by atoms with Crippen molar-refractivity contribution in [3.8, 4) is 5.75 Å². The van der Waals surface area contributed by atoms with E-state index in [2.05, 4.69) is 15.1 Å². The van der Waals surface area contributed by atoms with Crippen molar-refractivity contribution < 1.29 is 13.5 Å². The van der Waals surface area contributed by atoms with E-state index in [1.807, 2.05) is 6.92 Å². The van der Waals surface area contributed by atoms with Crippen molar-refractivity contribution in [1.82, 2.24) is 4.68 Å². The third-order valence-electron chi connectivity index (χ3n) is 4.14. The number of hydrogen-bond acceptors (Lipinski definition) is 7. The van der Waals surface area contributed by atoms with E-state index in [-0.39, 0.29) is 22.0 Å². The van der Waals surface area contributed by atoms with Crippen molar-refractivity contribution >= 4 is 43.1 Å². The number of para-hydroxylation sites is 1. The Morgan fingerprint density at radius 2 is 2.07 bits per heavy atom. The largest absolute Gasteiger partial charge is 0.505 e. The Labute approximate surface area is 158 Å². The first-order valence-electron chi connectivity index (χ1n) is 8.24. The highest BCUT2D eigenvalue weighted by molar-refractivity contribution is 7.90. The van der Waals surface area contributed by atoms with E-state index < -0.39 is 15.6 Å². The van der Waals surface area contributed by atoms with Crippen LogP contribution in [0.4, 0.5) is 5.69 Å². The summed E-state index contributed by atoms with van der Waals surface area (Å²) in [5.74, 6) is -0.487. The average Bonchev–Trinajstić information content (AvgIpc) is 3.11. The normalized spacial score (nSPS) is 15.1. The first-order valence-corrected chi connectivity index (χ1v) is 10.6. The summed E-state index contributed by atoms with van der Waals surface area (Å²) in [5.41, 5.74) is 3.07. The summed E-state index contributed by atoms with van der Waals surface area (Å²) in [6.07, 6.45) is 0.787. The van der Waals surface area contributed by atoms with E-state index in [0.717, 1.165) is 6.42 Å². The molecule has 0 bridgehead atoms. The lowest BCUT2D eigenvalue weighted by atomic mass is 10.2. The van der Waals surface area contributed by atoms with Gasteiger partial charge in [0.2, 0.25) is 0 Å². The second-order valence-electron chi connectivity index (χ2n) is 5.94. The number of amidine groups is 1. The standard InChI is InChI=1S/C17H16N4O4S2/c1-2-8-18-21-11-7-9-26-15(11)14(22)13(17(21)23)16-19-10-5-3-4-6-12(10)27(24,25)20-16/h3-7,9,18,22H,2,8H2,1H3,(H,19,20). The predicted molar refractivity (Wildman–Crippen MR) is 106 cm³/mol. The molecule has 0 spiro atoms. The number of pyridine rings is 1. The summed E-state index contributed by atoms with van der Waals surface area (Å²) in [5, 5.41) is 15.3. The van der Waals surface area contributed by atoms with Crippen LogP contribution in [0.15, 0.2) is 49.8 Å². The van der Waals surface area contributed by atoms with E-state index in [1.54, 1.807) is 29.6 Å². The fourth-order valence-corrected chi connectivity index (χ4v) is 4.86. The Kier molecular flexibility index (Phi) is 4.16. The SMILES string of the molecule is CCCNn1c(=O)c(C2=NS(=O)(=O)c3ccccc3N2)c(O)c2sccc21. The molecule has 0 saturated heterocycles. The topological polar surface area (TPSA) is 113 Å². The van der Waals surface area contributed by atoms with Gasteiger partial charge in [0.15, 0.2) is 11.6 Å². The third-order valence-corrected chi connectivity index (χ3v) is 6.39. The van der Waals surface area contributed by atoms with Gasteiger partial charge < -0.3 is 15.8 Å². The number of aromatic nitrogens is 1. The molecule has 1 aliphatic rings. The van der Waals surface area contributed by atoms with Gasteiger partial charge in [-0.15, -0.1) is 15.7 Å². The highest BCUT2D eigenvalue weighted by atomic mass is 32.2. The molecular formula is C17H16N4O4S2. The first kappa shape index (κ1) is 17.6. The van der Waals surface area contributed by atoms with Crippen LogP contribution in [0.3, 0.4) is 0 Å². The quantitative estimate of drug-likeness (QED) is 0.615. The number of thiophene rings is 1. The Morgan fingerprint density at radius 1 is 1.30 bits per heavy atom. The molecule has 0 radical (unpaired) electrons. The lowest BCUT2D eigenvalue weighted by Crippen LogP contribution is -2.36. The van der Waals surface area contributed by atoms with E-state index in [4.69, 9.17) is 0 Å². The Bertz CT molecular complexity index is 1240. The molecule has 0 amide bonds. The van der Waals surface area contributed by atoms with E-state index in [0.29, 0.717) is 22.4 Å². The molecule has 27 heavy (non-hydrogen) atoms. The molecule has 1 aromatic carbocycles. The first-order chi connectivity index (χ1) is 12.9. The van der Waals surface area contributed by atoms with Gasteiger partial charge in [0.25, 0.3) is 15.6 Å². The summed E-state index contributed by atoms with van der Waals surface area (Å²) < 4.78 is 30.6. The highest BCUT2D eigenvalue weighted by Gasteiger charge is 2.29. The number of fused-ring (bicyclic) bond motifs is 2. The van der Waals surface area contributed by atoms with Crippen molar-refractivity contribution in [2.45, 2.75) is 18.2 Å². The van der Waals surface area contributed by atoms with E-state index in [1.165, 1.54) is 22.1 Å². The number of sulfonamides is 1. The molecule has 8 nitrogen and oxygen atoms in total. The maximum atomic E-state index is 13.1. The summed E-state index contributed by atoms with van der Waals surface area (Å²) in [6.45, 7) is 2.50. The molecular weight excluding hydrogens is 388 g/mol. The minimum atomic E-state index is -3.99. The van der Waals surface area contributed by atoms with Crippen molar-refractivity contribution in [2.75, 3.05) is 17.3 Å². The molecule has 1 aliphatic heterocycles. The maximum Gasteiger partial charge on any atom is 0.286 e. The number of nitrogens with one attached hydrogen (secondary N) is 2. The molecule has 0 saturated carbocycles. The fraction of sp³-hybridized carbons (Fsp3) is 0.176. The van der Waals surface area contributed by atoms with Crippen LogP contribution in [0.1, 0.15) is 18.9 Å². The zero-order valence-corrected chi connectivity index (χ0v) is 15.9. The van der Waals surface area contributed by atoms with Gasteiger partial charge in [-0.3, -0.25) is 4.79 Å². The van der Waals surface area contributed by atoms with Crippen LogP contribution in [0.25, 0.3) is 10.2 Å². The van der Waals surface area contributed by atoms with E-state index in [9.17, 15) is 18.3 Å². The third kappa shape index (κ3) is 2.77. The number of rotatable bonds is 4. The van der Waals surface area contributed by atoms with Gasteiger partial charge in [0.05, 0.1) is 15.9 Å². The molecule has 2 aromatic heterocycles. The van der Waals surface area contributed by atoms with Crippen LogP contribution in [-0.2, 0) is 10.0 Å². The number of anilines is 1. The van der Waals surface area contributed by atoms with Gasteiger partial charge in [0.1, 0.15) is 10.5 Å². The van der Waals surface area contributed by atoms with Gasteiger partial charge in [-0.2, -0.15) is 8.42 Å². The molecule has 3 N–H and O–H groups in total. The zero-order chi connectivity index (χ0) is 19.2. The number of aromatic hydroxyl groups is 1. The Morgan fingerprint density at radius 3 is 2.85 bits per heavy atom. The minimum absolute atomic E-state index is 0.0230. The van der Waals surface area contributed by atoms with Crippen LogP contribution < -0.4 is 16.3 Å². The van der Waals surface area contributed by atoms with Crippen LogP contribution in [0.5, 0.6) is 5.75 Å². The van der Waals surface area contributed by atoms with Crippen LogP contribution in [-0.4, -0.2) is 30.6 Å². The molecule has 10 heteroatoms. The molecule has 4 rings (SSSR count). The van der Waals surface area contributed by atoms with Crippen molar-refractivity contribution in [1.29, 1.82) is 0 Å². The molecule has 3 heterocycles. The van der Waals surface area contributed by atoms with Gasteiger partial charge in [-0.25, -0.2) is 4.68 Å². The molecule has 0 aliphatic carbocycles. The minimum Gasteiger partial charge on any atom is -0.505 e. The van der Waals surface area contributed by atoms with Gasteiger partial charge in [0, 0.05) is 6.54 Å². The maximum absolute atomic E-state index is 13.1.